The van der Waals surface area contributed by atoms with Gasteiger partial charge in [0.2, 0.25) is 0 Å². The third-order valence-corrected chi connectivity index (χ3v) is 3.70. The van der Waals surface area contributed by atoms with Crippen molar-refractivity contribution >= 4 is 17.6 Å². The Labute approximate surface area is 95.8 Å². The van der Waals surface area contributed by atoms with Crippen molar-refractivity contribution in [3.8, 4) is 0 Å². The second-order valence-corrected chi connectivity index (χ2v) is 4.83. The van der Waals surface area contributed by atoms with E-state index in [0.29, 0.717) is 12.6 Å². The maximum Gasteiger partial charge on any atom is 0.251 e. The van der Waals surface area contributed by atoms with Gasteiger partial charge in [0, 0.05) is 30.2 Å². The molecule has 1 aromatic rings. The maximum absolute atomic E-state index is 13.5. The Bertz CT molecular complexity index is 400. The molecule has 0 radical (unpaired) electrons. The van der Waals surface area contributed by atoms with E-state index >= 15 is 0 Å². The van der Waals surface area contributed by atoms with Crippen LogP contribution >= 0.6 is 11.8 Å². The highest BCUT2D eigenvalue weighted by Crippen LogP contribution is 2.25. The van der Waals surface area contributed by atoms with Crippen LogP contribution in [0, 0.1) is 17.6 Å². The van der Waals surface area contributed by atoms with Crippen molar-refractivity contribution in [1.29, 1.82) is 0 Å². The van der Waals surface area contributed by atoms with Gasteiger partial charge in [-0.15, -0.1) is 0 Å². The van der Waals surface area contributed by atoms with Crippen LogP contribution in [0.15, 0.2) is 6.07 Å². The molecule has 1 atom stereocenters. The summed E-state index contributed by atoms with van der Waals surface area (Å²) in [6, 6.07) is 0.622. The number of halogens is 3. The second kappa shape index (κ2) is 4.53. The highest BCUT2D eigenvalue weighted by Gasteiger charge is 2.24. The molecule has 6 heteroatoms. The van der Waals surface area contributed by atoms with Crippen molar-refractivity contribution in [2.75, 3.05) is 23.0 Å². The zero-order valence-corrected chi connectivity index (χ0v) is 9.53. The van der Waals surface area contributed by atoms with Crippen molar-refractivity contribution < 1.29 is 13.2 Å². The first-order chi connectivity index (χ1) is 7.59. The standard InChI is InChI=1S/C10H11F3N2S/c1-6-5-16-3-2-15(6)10-8(12)4-7(11)9(13)14-10/h4,6H,2-3,5H2,1H3. The fourth-order valence-corrected chi connectivity index (χ4v) is 2.69. The molecule has 1 unspecified atom stereocenters. The molecular formula is C10H11F3N2S. The summed E-state index contributed by atoms with van der Waals surface area (Å²) in [7, 11) is 0. The number of nitrogens with zero attached hydrogens (tertiary/aromatic N) is 2. The summed E-state index contributed by atoms with van der Waals surface area (Å²) in [6.45, 7) is 2.51. The molecule has 1 fully saturated rings. The van der Waals surface area contributed by atoms with Crippen molar-refractivity contribution in [2.45, 2.75) is 13.0 Å². The van der Waals surface area contributed by atoms with E-state index in [-0.39, 0.29) is 11.9 Å². The first-order valence-corrected chi connectivity index (χ1v) is 6.11. The average molecular weight is 248 g/mol. The van der Waals surface area contributed by atoms with E-state index in [0.717, 1.165) is 11.5 Å². The minimum Gasteiger partial charge on any atom is -0.350 e. The lowest BCUT2D eigenvalue weighted by Gasteiger charge is -2.34. The molecular weight excluding hydrogens is 237 g/mol. The van der Waals surface area contributed by atoms with Crippen LogP contribution in [0.5, 0.6) is 0 Å². The van der Waals surface area contributed by atoms with E-state index in [1.165, 1.54) is 0 Å². The molecule has 0 saturated carbocycles. The largest absolute Gasteiger partial charge is 0.350 e. The SMILES string of the molecule is CC1CSCCN1c1nc(F)c(F)cc1F. The smallest absolute Gasteiger partial charge is 0.251 e. The number of aromatic nitrogens is 1. The first-order valence-electron chi connectivity index (χ1n) is 4.95. The molecule has 1 aliphatic heterocycles. The lowest BCUT2D eigenvalue weighted by atomic mass is 10.3. The molecule has 1 aliphatic rings. The molecule has 1 saturated heterocycles. The van der Waals surface area contributed by atoms with E-state index in [4.69, 9.17) is 0 Å². The zero-order chi connectivity index (χ0) is 11.7. The van der Waals surface area contributed by atoms with Gasteiger partial charge in [-0.1, -0.05) is 0 Å². The van der Waals surface area contributed by atoms with Crippen molar-refractivity contribution in [1.82, 2.24) is 4.98 Å². The fourth-order valence-electron chi connectivity index (χ4n) is 1.68. The Morgan fingerprint density at radius 3 is 2.81 bits per heavy atom. The normalized spacial score (nSPS) is 21.2. The summed E-state index contributed by atoms with van der Waals surface area (Å²) < 4.78 is 39.2. The maximum atomic E-state index is 13.5. The third-order valence-electron chi connectivity index (χ3n) is 2.51. The Morgan fingerprint density at radius 1 is 1.38 bits per heavy atom. The van der Waals surface area contributed by atoms with Crippen LogP contribution in [0.1, 0.15) is 6.92 Å². The van der Waals surface area contributed by atoms with Gasteiger partial charge in [0.1, 0.15) is 0 Å². The number of pyridine rings is 1. The van der Waals surface area contributed by atoms with E-state index in [1.54, 1.807) is 16.7 Å². The van der Waals surface area contributed by atoms with E-state index < -0.39 is 17.6 Å². The molecule has 88 valence electrons. The second-order valence-electron chi connectivity index (χ2n) is 3.68. The molecule has 0 spiro atoms. The summed E-state index contributed by atoms with van der Waals surface area (Å²) >= 11 is 1.75. The number of hydrogen-bond acceptors (Lipinski definition) is 3. The average Bonchev–Trinajstić information content (AvgIpc) is 2.25. The van der Waals surface area contributed by atoms with Crippen molar-refractivity contribution in [2.24, 2.45) is 0 Å². The summed E-state index contributed by atoms with van der Waals surface area (Å²) in [4.78, 5) is 5.02. The highest BCUT2D eigenvalue weighted by molar-refractivity contribution is 7.99. The molecule has 2 nitrogen and oxygen atoms in total. The van der Waals surface area contributed by atoms with Crippen LogP contribution in [-0.2, 0) is 0 Å². The first kappa shape index (κ1) is 11.6. The van der Waals surface area contributed by atoms with Crippen molar-refractivity contribution in [3.63, 3.8) is 0 Å². The number of rotatable bonds is 1. The van der Waals surface area contributed by atoms with E-state index in [2.05, 4.69) is 4.98 Å². The van der Waals surface area contributed by atoms with Gasteiger partial charge in [0.25, 0.3) is 5.95 Å². The van der Waals surface area contributed by atoms with E-state index in [9.17, 15) is 13.2 Å². The van der Waals surface area contributed by atoms with Gasteiger partial charge in [-0.25, -0.2) is 8.78 Å². The van der Waals surface area contributed by atoms with Gasteiger partial charge >= 0.3 is 0 Å². The Kier molecular flexibility index (Phi) is 3.28. The fraction of sp³-hybridized carbons (Fsp3) is 0.500. The number of thioether (sulfide) groups is 1. The highest BCUT2D eigenvalue weighted by atomic mass is 32.2. The number of hydrogen-bond donors (Lipinski definition) is 0. The van der Waals surface area contributed by atoms with Crippen molar-refractivity contribution in [3.05, 3.63) is 23.6 Å². The van der Waals surface area contributed by atoms with Gasteiger partial charge in [-0.3, -0.25) is 0 Å². The van der Waals surface area contributed by atoms with Gasteiger partial charge in [-0.05, 0) is 6.92 Å². The molecule has 0 aliphatic carbocycles. The van der Waals surface area contributed by atoms with Crippen LogP contribution in [-0.4, -0.2) is 29.1 Å². The molecule has 0 amide bonds. The summed E-state index contributed by atoms with van der Waals surface area (Å²) in [6.07, 6.45) is 0. The van der Waals surface area contributed by atoms with Crippen LogP contribution in [0.2, 0.25) is 0 Å². The quantitative estimate of drug-likeness (QED) is 0.710. The van der Waals surface area contributed by atoms with Crippen LogP contribution in [0.25, 0.3) is 0 Å². The summed E-state index contributed by atoms with van der Waals surface area (Å²) in [5, 5.41) is 0. The predicted molar refractivity (Wildman–Crippen MR) is 58.2 cm³/mol. The van der Waals surface area contributed by atoms with E-state index in [1.807, 2.05) is 6.92 Å². The van der Waals surface area contributed by atoms with Crippen LogP contribution in [0.3, 0.4) is 0 Å². The van der Waals surface area contributed by atoms with Gasteiger partial charge in [0.15, 0.2) is 17.5 Å². The summed E-state index contributed by atoms with van der Waals surface area (Å²) in [5.41, 5.74) is 0. The lowest BCUT2D eigenvalue weighted by Crippen LogP contribution is -2.41. The molecule has 16 heavy (non-hydrogen) atoms. The third kappa shape index (κ3) is 2.11. The Balaban J connectivity index is 2.35. The van der Waals surface area contributed by atoms with Crippen LogP contribution in [0.4, 0.5) is 19.0 Å². The minimum atomic E-state index is -1.25. The zero-order valence-electron chi connectivity index (χ0n) is 8.71. The monoisotopic (exact) mass is 248 g/mol. The van der Waals surface area contributed by atoms with Gasteiger partial charge in [-0.2, -0.15) is 21.1 Å². The Morgan fingerprint density at radius 2 is 2.12 bits per heavy atom. The minimum absolute atomic E-state index is 0.0746. The predicted octanol–water partition coefficient (Wildman–Crippen LogP) is 2.44. The topological polar surface area (TPSA) is 16.1 Å². The van der Waals surface area contributed by atoms with Gasteiger partial charge in [0.05, 0.1) is 0 Å². The lowest BCUT2D eigenvalue weighted by molar-refractivity contribution is 0.460. The van der Waals surface area contributed by atoms with Gasteiger partial charge < -0.3 is 4.90 Å². The number of anilines is 1. The molecule has 1 aromatic heterocycles. The summed E-state index contributed by atoms with van der Waals surface area (Å²) in [5.74, 6) is -1.73. The van der Waals surface area contributed by atoms with Crippen LogP contribution < -0.4 is 4.90 Å². The molecule has 0 bridgehead atoms. The molecule has 2 rings (SSSR count). The molecule has 0 N–H and O–H groups in total. The molecule has 0 aromatic carbocycles. The Hall–Kier alpha value is -0.910. The molecule has 2 heterocycles.